The van der Waals surface area contributed by atoms with Crippen molar-refractivity contribution in [3.63, 3.8) is 0 Å². The Kier molecular flexibility index (Phi) is 4.35. The number of nitriles is 1. The minimum Gasteiger partial charge on any atom is -0.461 e. The van der Waals surface area contributed by atoms with E-state index in [-0.39, 0.29) is 19.0 Å². The van der Waals surface area contributed by atoms with Crippen LogP contribution in [0.1, 0.15) is 16.7 Å². The molecule has 0 N–H and O–H groups in total. The van der Waals surface area contributed by atoms with Gasteiger partial charge in [0.1, 0.15) is 6.61 Å². The molecule has 0 spiro atoms. The number of nitrogens with zero attached hydrogens (tertiary/aromatic N) is 1. The molecule has 3 nitrogen and oxygen atoms in total. The number of carbonyl (C=O) groups is 1. The van der Waals surface area contributed by atoms with E-state index in [4.69, 9.17) is 10.00 Å². The van der Waals surface area contributed by atoms with Gasteiger partial charge in [0.15, 0.2) is 0 Å². The molecule has 3 aromatic rings. The summed E-state index contributed by atoms with van der Waals surface area (Å²) in [5.41, 5.74) is 2.43. The number of fused-ring (bicyclic) bond motifs is 1. The van der Waals surface area contributed by atoms with E-state index in [9.17, 15) is 4.79 Å². The van der Waals surface area contributed by atoms with Crippen molar-refractivity contribution >= 4 is 16.7 Å². The van der Waals surface area contributed by atoms with Crippen molar-refractivity contribution in [2.45, 2.75) is 13.0 Å². The number of hydrogen-bond donors (Lipinski definition) is 0. The van der Waals surface area contributed by atoms with E-state index in [0.29, 0.717) is 5.56 Å². The molecule has 0 heterocycles. The molecule has 0 aliphatic carbocycles. The summed E-state index contributed by atoms with van der Waals surface area (Å²) in [6.45, 7) is 0.218. The molecule has 23 heavy (non-hydrogen) atoms. The molecule has 0 saturated carbocycles. The number of hydrogen-bond acceptors (Lipinski definition) is 3. The molecule has 3 aromatic carbocycles. The quantitative estimate of drug-likeness (QED) is 0.684. The minimum absolute atomic E-state index is 0.218. The third-order valence-electron chi connectivity index (χ3n) is 3.70. The highest BCUT2D eigenvalue weighted by molar-refractivity contribution is 5.88. The van der Waals surface area contributed by atoms with E-state index >= 15 is 0 Å². The summed E-state index contributed by atoms with van der Waals surface area (Å²) in [5.74, 6) is -0.259. The van der Waals surface area contributed by atoms with E-state index in [1.807, 2.05) is 42.5 Å². The molecule has 0 radical (unpaired) electrons. The van der Waals surface area contributed by atoms with Gasteiger partial charge in [-0.15, -0.1) is 0 Å². The summed E-state index contributed by atoms with van der Waals surface area (Å²) < 4.78 is 5.33. The van der Waals surface area contributed by atoms with Crippen molar-refractivity contribution in [3.05, 3.63) is 83.4 Å². The SMILES string of the molecule is N#Cc1ccc(COC(=O)Cc2cccc3ccccc23)cc1. The highest BCUT2D eigenvalue weighted by Crippen LogP contribution is 2.19. The Bertz CT molecular complexity index is 871. The van der Waals surface area contributed by atoms with Crippen LogP contribution in [0.5, 0.6) is 0 Å². The zero-order valence-electron chi connectivity index (χ0n) is 12.5. The Balaban J connectivity index is 1.65. The fourth-order valence-corrected chi connectivity index (χ4v) is 2.49. The average Bonchev–Trinajstić information content (AvgIpc) is 2.61. The van der Waals surface area contributed by atoms with Crippen molar-refractivity contribution < 1.29 is 9.53 Å². The van der Waals surface area contributed by atoms with Crippen molar-refractivity contribution in [2.75, 3.05) is 0 Å². The van der Waals surface area contributed by atoms with Gasteiger partial charge in [-0.2, -0.15) is 5.26 Å². The molecule has 0 aliphatic rings. The lowest BCUT2D eigenvalue weighted by molar-refractivity contribution is -0.144. The van der Waals surface area contributed by atoms with Gasteiger partial charge in [-0.05, 0) is 34.0 Å². The van der Waals surface area contributed by atoms with Crippen molar-refractivity contribution in [1.82, 2.24) is 0 Å². The maximum Gasteiger partial charge on any atom is 0.310 e. The second-order valence-electron chi connectivity index (χ2n) is 5.28. The molecular formula is C20H15NO2. The fraction of sp³-hybridized carbons (Fsp3) is 0.100. The standard InChI is InChI=1S/C20H15NO2/c21-13-15-8-10-16(11-9-15)14-23-20(22)12-18-6-3-5-17-4-1-2-7-19(17)18/h1-11H,12,14H2. The van der Waals surface area contributed by atoms with Crippen molar-refractivity contribution in [2.24, 2.45) is 0 Å². The lowest BCUT2D eigenvalue weighted by Crippen LogP contribution is -2.08. The number of rotatable bonds is 4. The predicted molar refractivity (Wildman–Crippen MR) is 88.6 cm³/mol. The second-order valence-corrected chi connectivity index (χ2v) is 5.28. The first kappa shape index (κ1) is 14.8. The third-order valence-corrected chi connectivity index (χ3v) is 3.70. The summed E-state index contributed by atoms with van der Waals surface area (Å²) >= 11 is 0. The maximum absolute atomic E-state index is 12.1. The van der Waals surface area contributed by atoms with Gasteiger partial charge in [0.05, 0.1) is 18.1 Å². The molecule has 0 amide bonds. The molecule has 112 valence electrons. The van der Waals surface area contributed by atoms with Gasteiger partial charge in [0, 0.05) is 0 Å². The van der Waals surface area contributed by atoms with E-state index < -0.39 is 0 Å². The van der Waals surface area contributed by atoms with Gasteiger partial charge >= 0.3 is 5.97 Å². The second kappa shape index (κ2) is 6.76. The van der Waals surface area contributed by atoms with Crippen LogP contribution in [0.4, 0.5) is 0 Å². The number of carbonyl (C=O) groups excluding carboxylic acids is 1. The molecule has 0 atom stereocenters. The first-order chi connectivity index (χ1) is 11.3. The fourth-order valence-electron chi connectivity index (χ4n) is 2.49. The Hall–Kier alpha value is -3.12. The van der Waals surface area contributed by atoms with Crippen molar-refractivity contribution in [1.29, 1.82) is 5.26 Å². The molecule has 0 aromatic heterocycles. The van der Waals surface area contributed by atoms with Gasteiger partial charge in [-0.3, -0.25) is 4.79 Å². The Morgan fingerprint density at radius 2 is 1.70 bits per heavy atom. The van der Waals surface area contributed by atoms with Crippen LogP contribution in [0.3, 0.4) is 0 Å². The van der Waals surface area contributed by atoms with Crippen LogP contribution in [0.2, 0.25) is 0 Å². The molecule has 3 heteroatoms. The lowest BCUT2D eigenvalue weighted by atomic mass is 10.0. The molecule has 0 bridgehead atoms. The molecule has 0 aliphatic heterocycles. The predicted octanol–water partition coefficient (Wildman–Crippen LogP) is 4.00. The van der Waals surface area contributed by atoms with Crippen LogP contribution in [0, 0.1) is 11.3 Å². The van der Waals surface area contributed by atoms with Crippen LogP contribution in [0.15, 0.2) is 66.7 Å². The summed E-state index contributed by atoms with van der Waals surface area (Å²) in [5, 5.41) is 11.0. The molecule has 0 saturated heterocycles. The summed E-state index contributed by atoms with van der Waals surface area (Å²) in [6, 6.07) is 23.0. The van der Waals surface area contributed by atoms with Crippen LogP contribution in [-0.4, -0.2) is 5.97 Å². The highest BCUT2D eigenvalue weighted by atomic mass is 16.5. The topological polar surface area (TPSA) is 50.1 Å². The van der Waals surface area contributed by atoms with Gasteiger partial charge in [-0.25, -0.2) is 0 Å². The van der Waals surface area contributed by atoms with Crippen LogP contribution in [-0.2, 0) is 22.6 Å². The molecular weight excluding hydrogens is 286 g/mol. The van der Waals surface area contributed by atoms with E-state index in [1.165, 1.54) is 0 Å². The molecule has 0 unspecified atom stereocenters. The largest absolute Gasteiger partial charge is 0.461 e. The van der Waals surface area contributed by atoms with Gasteiger partial charge in [0.2, 0.25) is 0 Å². The van der Waals surface area contributed by atoms with Crippen LogP contribution < -0.4 is 0 Å². The summed E-state index contributed by atoms with van der Waals surface area (Å²) in [6.07, 6.45) is 0.248. The minimum atomic E-state index is -0.259. The Morgan fingerprint density at radius 3 is 2.48 bits per heavy atom. The lowest BCUT2D eigenvalue weighted by Gasteiger charge is -2.08. The zero-order valence-corrected chi connectivity index (χ0v) is 12.5. The van der Waals surface area contributed by atoms with Crippen molar-refractivity contribution in [3.8, 4) is 6.07 Å². The van der Waals surface area contributed by atoms with E-state index in [1.54, 1.807) is 24.3 Å². The first-order valence-electron chi connectivity index (χ1n) is 7.37. The third kappa shape index (κ3) is 3.56. The molecule has 0 fully saturated rings. The monoisotopic (exact) mass is 301 g/mol. The van der Waals surface area contributed by atoms with E-state index in [0.717, 1.165) is 21.9 Å². The zero-order chi connectivity index (χ0) is 16.1. The number of benzene rings is 3. The normalized spacial score (nSPS) is 10.2. The smallest absolute Gasteiger partial charge is 0.310 e. The summed E-state index contributed by atoms with van der Waals surface area (Å²) in [4.78, 5) is 12.1. The number of esters is 1. The summed E-state index contributed by atoms with van der Waals surface area (Å²) in [7, 11) is 0. The van der Waals surface area contributed by atoms with Gasteiger partial charge in [0.25, 0.3) is 0 Å². The van der Waals surface area contributed by atoms with Gasteiger partial charge < -0.3 is 4.74 Å². The van der Waals surface area contributed by atoms with Crippen LogP contribution in [0.25, 0.3) is 10.8 Å². The Labute approximate surface area is 134 Å². The molecule has 3 rings (SSSR count). The number of ether oxygens (including phenoxy) is 1. The Morgan fingerprint density at radius 1 is 0.957 bits per heavy atom. The maximum atomic E-state index is 12.1. The average molecular weight is 301 g/mol. The van der Waals surface area contributed by atoms with E-state index in [2.05, 4.69) is 6.07 Å². The highest BCUT2D eigenvalue weighted by Gasteiger charge is 2.08. The van der Waals surface area contributed by atoms with Gasteiger partial charge in [-0.1, -0.05) is 54.6 Å². The first-order valence-corrected chi connectivity index (χ1v) is 7.37. The van der Waals surface area contributed by atoms with Crippen LogP contribution >= 0.6 is 0 Å².